The number of carbonyl (C=O) groups excluding carboxylic acids is 1. The molecular formula is C23H30N4O3. The van der Waals surface area contributed by atoms with Crippen LogP contribution in [0.5, 0.6) is 0 Å². The average Bonchev–Trinajstić information content (AvgIpc) is 2.99. The van der Waals surface area contributed by atoms with Gasteiger partial charge in [-0.2, -0.15) is 0 Å². The lowest BCUT2D eigenvalue weighted by atomic mass is 10.0. The van der Waals surface area contributed by atoms with E-state index in [1.165, 1.54) is 0 Å². The number of H-pyrrole nitrogens is 1. The van der Waals surface area contributed by atoms with Gasteiger partial charge in [0, 0.05) is 42.2 Å². The second-order valence-corrected chi connectivity index (χ2v) is 7.73. The summed E-state index contributed by atoms with van der Waals surface area (Å²) in [5.74, 6) is -0.212. The molecule has 1 unspecified atom stereocenters. The van der Waals surface area contributed by atoms with Gasteiger partial charge in [0.25, 0.3) is 11.5 Å². The molecule has 0 spiro atoms. The SMILES string of the molecule is CCCc1cc(C)[nH]c(=O)c1CNC(=O)c1c(C)n(C(C)COC)c2ncccc12. The number of fused-ring (bicyclic) bond motifs is 1. The number of ether oxygens (including phenoxy) is 1. The highest BCUT2D eigenvalue weighted by Crippen LogP contribution is 2.28. The van der Waals surface area contributed by atoms with Gasteiger partial charge in [-0.15, -0.1) is 0 Å². The summed E-state index contributed by atoms with van der Waals surface area (Å²) in [6, 6.07) is 5.75. The Balaban J connectivity index is 1.96. The summed E-state index contributed by atoms with van der Waals surface area (Å²) in [4.78, 5) is 33.0. The first-order valence-electron chi connectivity index (χ1n) is 10.3. The Morgan fingerprint density at radius 2 is 2.13 bits per heavy atom. The van der Waals surface area contributed by atoms with E-state index in [-0.39, 0.29) is 24.1 Å². The summed E-state index contributed by atoms with van der Waals surface area (Å²) in [5.41, 5.74) is 4.45. The van der Waals surface area contributed by atoms with Crippen LogP contribution >= 0.6 is 0 Å². The summed E-state index contributed by atoms with van der Waals surface area (Å²) in [7, 11) is 1.66. The third-order valence-electron chi connectivity index (χ3n) is 5.39. The molecule has 7 nitrogen and oxygen atoms in total. The molecule has 0 bridgehead atoms. The highest BCUT2D eigenvalue weighted by Gasteiger charge is 2.23. The number of amides is 1. The zero-order valence-corrected chi connectivity index (χ0v) is 18.3. The van der Waals surface area contributed by atoms with Crippen molar-refractivity contribution in [1.29, 1.82) is 0 Å². The molecule has 2 N–H and O–H groups in total. The van der Waals surface area contributed by atoms with E-state index in [9.17, 15) is 9.59 Å². The van der Waals surface area contributed by atoms with Crippen molar-refractivity contribution in [3.63, 3.8) is 0 Å². The van der Waals surface area contributed by atoms with Crippen LogP contribution in [0.2, 0.25) is 0 Å². The zero-order valence-electron chi connectivity index (χ0n) is 18.3. The fourth-order valence-corrected chi connectivity index (χ4v) is 4.13. The van der Waals surface area contributed by atoms with Gasteiger partial charge in [-0.25, -0.2) is 4.98 Å². The minimum absolute atomic E-state index is 0.0325. The molecule has 0 radical (unpaired) electrons. The van der Waals surface area contributed by atoms with Crippen LogP contribution in [0.15, 0.2) is 29.2 Å². The molecule has 0 fully saturated rings. The molecule has 0 aliphatic carbocycles. The number of nitrogens with zero attached hydrogens (tertiary/aromatic N) is 2. The van der Waals surface area contributed by atoms with Gasteiger partial charge in [-0.3, -0.25) is 9.59 Å². The van der Waals surface area contributed by atoms with Crippen LogP contribution in [0.1, 0.15) is 59.2 Å². The van der Waals surface area contributed by atoms with E-state index < -0.39 is 0 Å². The Labute approximate surface area is 176 Å². The van der Waals surface area contributed by atoms with Crippen molar-refractivity contribution in [3.05, 3.63) is 62.8 Å². The van der Waals surface area contributed by atoms with Gasteiger partial charge in [0.05, 0.1) is 18.2 Å². The van der Waals surface area contributed by atoms with E-state index in [1.54, 1.807) is 13.3 Å². The monoisotopic (exact) mass is 410 g/mol. The predicted molar refractivity (Wildman–Crippen MR) is 118 cm³/mol. The van der Waals surface area contributed by atoms with Crippen LogP contribution in [0.4, 0.5) is 0 Å². The Morgan fingerprint density at radius 1 is 1.37 bits per heavy atom. The van der Waals surface area contributed by atoms with Gasteiger partial charge in [0.1, 0.15) is 5.65 Å². The van der Waals surface area contributed by atoms with Crippen LogP contribution in [0.3, 0.4) is 0 Å². The first-order chi connectivity index (χ1) is 14.4. The molecule has 0 aliphatic heterocycles. The molecule has 3 aromatic rings. The van der Waals surface area contributed by atoms with Gasteiger partial charge in [-0.1, -0.05) is 13.3 Å². The highest BCUT2D eigenvalue weighted by molar-refractivity contribution is 6.07. The second-order valence-electron chi connectivity index (χ2n) is 7.73. The standard InChI is InChI=1S/C23H30N4O3/c1-6-8-17-11-14(2)26-22(28)19(17)12-25-23(29)20-16(4)27(15(3)13-30-5)21-18(20)9-7-10-24-21/h7,9-11,15H,6,8,12-13H2,1-5H3,(H,25,29)(H,26,28). The van der Waals surface area contributed by atoms with E-state index >= 15 is 0 Å². The lowest BCUT2D eigenvalue weighted by molar-refractivity contribution is 0.0951. The molecule has 0 saturated heterocycles. The van der Waals surface area contributed by atoms with Crippen LogP contribution in [-0.2, 0) is 17.7 Å². The number of hydrogen-bond acceptors (Lipinski definition) is 4. The van der Waals surface area contributed by atoms with Crippen LogP contribution in [0.25, 0.3) is 11.0 Å². The number of aromatic nitrogens is 3. The maximum absolute atomic E-state index is 13.2. The predicted octanol–water partition coefficient (Wildman–Crippen LogP) is 3.43. The lowest BCUT2D eigenvalue weighted by Gasteiger charge is -2.16. The topological polar surface area (TPSA) is 89.0 Å². The first-order valence-corrected chi connectivity index (χ1v) is 10.3. The maximum Gasteiger partial charge on any atom is 0.254 e. The van der Waals surface area contributed by atoms with Crippen molar-refractivity contribution in [3.8, 4) is 0 Å². The second kappa shape index (κ2) is 9.26. The highest BCUT2D eigenvalue weighted by atomic mass is 16.5. The molecule has 0 saturated carbocycles. The Kier molecular flexibility index (Phi) is 6.72. The third kappa shape index (κ3) is 4.16. The third-order valence-corrected chi connectivity index (χ3v) is 5.39. The van der Waals surface area contributed by atoms with Crippen molar-refractivity contribution in [2.75, 3.05) is 13.7 Å². The summed E-state index contributed by atoms with van der Waals surface area (Å²) in [5, 5.41) is 3.75. The number of aromatic amines is 1. The molecular weight excluding hydrogens is 380 g/mol. The Hall–Kier alpha value is -2.93. The molecule has 0 aliphatic rings. The number of hydrogen-bond donors (Lipinski definition) is 2. The van der Waals surface area contributed by atoms with E-state index in [2.05, 4.69) is 22.2 Å². The number of nitrogens with one attached hydrogen (secondary N) is 2. The smallest absolute Gasteiger partial charge is 0.254 e. The van der Waals surface area contributed by atoms with Crippen LogP contribution in [-0.4, -0.2) is 34.2 Å². The van der Waals surface area contributed by atoms with Crippen molar-refractivity contribution >= 4 is 16.9 Å². The quantitative estimate of drug-likeness (QED) is 0.595. The summed E-state index contributed by atoms with van der Waals surface area (Å²) in [6.07, 6.45) is 3.45. The molecule has 30 heavy (non-hydrogen) atoms. The summed E-state index contributed by atoms with van der Waals surface area (Å²) in [6.45, 7) is 8.60. The van der Waals surface area contributed by atoms with E-state index in [1.807, 2.05) is 43.5 Å². The summed E-state index contributed by atoms with van der Waals surface area (Å²) < 4.78 is 7.35. The van der Waals surface area contributed by atoms with Crippen LogP contribution < -0.4 is 10.9 Å². The van der Waals surface area contributed by atoms with E-state index in [0.717, 1.165) is 40.8 Å². The average molecular weight is 411 g/mol. The Bertz CT molecular complexity index is 1110. The number of methoxy groups -OCH3 is 1. The largest absolute Gasteiger partial charge is 0.383 e. The molecule has 3 heterocycles. The van der Waals surface area contributed by atoms with E-state index in [4.69, 9.17) is 4.74 Å². The molecule has 0 aromatic carbocycles. The molecule has 7 heteroatoms. The minimum Gasteiger partial charge on any atom is -0.383 e. The van der Waals surface area contributed by atoms with Gasteiger partial charge in [0.15, 0.2) is 0 Å². The molecule has 1 atom stereocenters. The van der Waals surface area contributed by atoms with E-state index in [0.29, 0.717) is 17.7 Å². The summed E-state index contributed by atoms with van der Waals surface area (Å²) >= 11 is 0. The maximum atomic E-state index is 13.2. The Morgan fingerprint density at radius 3 is 2.83 bits per heavy atom. The first kappa shape index (κ1) is 21.8. The fraction of sp³-hybridized carbons (Fsp3) is 0.435. The minimum atomic E-state index is -0.212. The van der Waals surface area contributed by atoms with Crippen molar-refractivity contribution < 1.29 is 9.53 Å². The van der Waals surface area contributed by atoms with Gasteiger partial charge in [0.2, 0.25) is 0 Å². The molecule has 3 aromatic heterocycles. The number of aryl methyl sites for hydroxylation is 2. The number of pyridine rings is 2. The molecule has 1 amide bonds. The zero-order chi connectivity index (χ0) is 21.8. The van der Waals surface area contributed by atoms with Crippen molar-refractivity contribution in [2.45, 2.75) is 53.1 Å². The molecule has 3 rings (SSSR count). The van der Waals surface area contributed by atoms with Crippen molar-refractivity contribution in [2.24, 2.45) is 0 Å². The number of rotatable bonds is 8. The lowest BCUT2D eigenvalue weighted by Crippen LogP contribution is -2.29. The fourth-order valence-electron chi connectivity index (χ4n) is 4.13. The van der Waals surface area contributed by atoms with Gasteiger partial charge >= 0.3 is 0 Å². The number of carbonyl (C=O) groups is 1. The van der Waals surface area contributed by atoms with Gasteiger partial charge in [-0.05, 0) is 51.0 Å². The molecule has 160 valence electrons. The normalized spacial score (nSPS) is 12.3. The van der Waals surface area contributed by atoms with Crippen molar-refractivity contribution in [1.82, 2.24) is 19.9 Å². The van der Waals surface area contributed by atoms with Crippen LogP contribution in [0, 0.1) is 13.8 Å². The van der Waals surface area contributed by atoms with Gasteiger partial charge < -0.3 is 19.6 Å².